The normalized spacial score (nSPS) is 11.2. The summed E-state index contributed by atoms with van der Waals surface area (Å²) in [6.07, 6.45) is 0. The van der Waals surface area contributed by atoms with Crippen molar-refractivity contribution in [3.8, 4) is 11.1 Å². The molecule has 23 heavy (non-hydrogen) atoms. The summed E-state index contributed by atoms with van der Waals surface area (Å²) in [4.78, 5) is 14.6. The van der Waals surface area contributed by atoms with Crippen molar-refractivity contribution in [3.05, 3.63) is 47.4 Å². The van der Waals surface area contributed by atoms with Crippen molar-refractivity contribution < 1.29 is 0 Å². The van der Waals surface area contributed by atoms with E-state index in [1.807, 2.05) is 32.0 Å². The van der Waals surface area contributed by atoms with E-state index in [-0.39, 0.29) is 0 Å². The zero-order valence-corrected chi connectivity index (χ0v) is 14.2. The predicted molar refractivity (Wildman–Crippen MR) is 92.8 cm³/mol. The molecule has 0 saturated carbocycles. The quantitative estimate of drug-likeness (QED) is 0.565. The van der Waals surface area contributed by atoms with Gasteiger partial charge in [0.15, 0.2) is 0 Å². The molecule has 114 valence electrons. The number of nitrogens with one attached hydrogen (secondary N) is 1. The third kappa shape index (κ3) is 2.73. The summed E-state index contributed by atoms with van der Waals surface area (Å²) in [6, 6.07) is 10.3. The zero-order chi connectivity index (χ0) is 15.8. The van der Waals surface area contributed by atoms with Crippen LogP contribution < -0.4 is 0 Å². The van der Waals surface area contributed by atoms with Crippen molar-refractivity contribution in [2.75, 3.05) is 0 Å². The van der Waals surface area contributed by atoms with Crippen LogP contribution in [0.1, 0.15) is 11.6 Å². The lowest BCUT2D eigenvalue weighted by molar-refractivity contribution is 0.958. The van der Waals surface area contributed by atoms with E-state index in [1.165, 1.54) is 17.3 Å². The van der Waals surface area contributed by atoms with Crippen LogP contribution in [-0.4, -0.2) is 25.1 Å². The zero-order valence-electron chi connectivity index (χ0n) is 12.6. The number of hydrogen-bond donors (Lipinski definition) is 1. The van der Waals surface area contributed by atoms with Crippen molar-refractivity contribution in [1.29, 1.82) is 0 Å². The molecule has 0 amide bonds. The number of hydrogen-bond acceptors (Lipinski definition) is 6. The molecule has 4 rings (SSSR count). The van der Waals surface area contributed by atoms with Gasteiger partial charge in [0.25, 0.3) is 0 Å². The highest BCUT2D eigenvalue weighted by Gasteiger charge is 2.16. The first kappa shape index (κ1) is 14.3. The largest absolute Gasteiger partial charge is 0.262 e. The number of aromatic amines is 1. The number of rotatable bonds is 3. The van der Waals surface area contributed by atoms with Crippen LogP contribution in [0.5, 0.6) is 0 Å². The summed E-state index contributed by atoms with van der Waals surface area (Å²) in [7, 11) is 0. The highest BCUT2D eigenvalue weighted by molar-refractivity contribution is 7.99. The fourth-order valence-electron chi connectivity index (χ4n) is 2.37. The van der Waals surface area contributed by atoms with Gasteiger partial charge >= 0.3 is 0 Å². The Labute approximate surface area is 141 Å². The minimum atomic E-state index is 0.673. The number of H-pyrrole nitrogens is 1. The van der Waals surface area contributed by atoms with Gasteiger partial charge in [-0.05, 0) is 31.2 Å². The van der Waals surface area contributed by atoms with Gasteiger partial charge in [0, 0.05) is 10.9 Å². The first-order valence-corrected chi connectivity index (χ1v) is 8.78. The molecule has 0 aliphatic carbocycles. The van der Waals surface area contributed by atoms with Crippen LogP contribution in [-0.2, 0) is 0 Å². The fourth-order valence-corrected chi connectivity index (χ4v) is 4.36. The lowest BCUT2D eigenvalue weighted by Gasteiger charge is -2.04. The van der Waals surface area contributed by atoms with Crippen LogP contribution in [0.2, 0.25) is 0 Å². The second-order valence-electron chi connectivity index (χ2n) is 5.08. The van der Waals surface area contributed by atoms with E-state index in [2.05, 4.69) is 42.7 Å². The maximum absolute atomic E-state index is 4.63. The van der Waals surface area contributed by atoms with Crippen LogP contribution in [0.25, 0.3) is 21.3 Å². The van der Waals surface area contributed by atoms with Gasteiger partial charge < -0.3 is 0 Å². The number of fused-ring (bicyclic) bond motifs is 1. The molecule has 3 aromatic heterocycles. The number of aromatic nitrogens is 5. The van der Waals surface area contributed by atoms with Gasteiger partial charge in [0.05, 0.1) is 5.39 Å². The molecule has 0 atom stereocenters. The van der Waals surface area contributed by atoms with Crippen molar-refractivity contribution in [1.82, 2.24) is 25.1 Å². The third-order valence-corrected chi connectivity index (χ3v) is 5.09. The molecule has 0 saturated heterocycles. The monoisotopic (exact) mass is 339 g/mol. The topological polar surface area (TPSA) is 67.3 Å². The summed E-state index contributed by atoms with van der Waals surface area (Å²) < 4.78 is 0. The van der Waals surface area contributed by atoms with Crippen LogP contribution in [0, 0.1) is 13.8 Å². The molecular weight excluding hydrogens is 326 g/mol. The third-order valence-electron chi connectivity index (χ3n) is 3.36. The fraction of sp³-hybridized carbons (Fsp3) is 0.125. The first-order chi connectivity index (χ1) is 11.2. The Morgan fingerprint density at radius 2 is 1.87 bits per heavy atom. The molecule has 1 N–H and O–H groups in total. The van der Waals surface area contributed by atoms with E-state index >= 15 is 0 Å². The Hall–Kier alpha value is -2.25. The summed E-state index contributed by atoms with van der Waals surface area (Å²) in [5.74, 6) is 1.55. The Morgan fingerprint density at radius 3 is 2.61 bits per heavy atom. The van der Waals surface area contributed by atoms with Crippen LogP contribution in [0.3, 0.4) is 0 Å². The van der Waals surface area contributed by atoms with Gasteiger partial charge in [0.1, 0.15) is 21.5 Å². The molecular formula is C16H13N5S2. The Morgan fingerprint density at radius 1 is 1.04 bits per heavy atom. The van der Waals surface area contributed by atoms with E-state index in [0.717, 1.165) is 32.5 Å². The molecule has 7 heteroatoms. The molecule has 0 fully saturated rings. The highest BCUT2D eigenvalue weighted by Crippen LogP contribution is 2.39. The molecule has 5 nitrogen and oxygen atoms in total. The maximum atomic E-state index is 4.63. The average Bonchev–Trinajstić information content (AvgIpc) is 3.14. The Balaban J connectivity index is 1.90. The smallest absolute Gasteiger partial charge is 0.214 e. The highest BCUT2D eigenvalue weighted by atomic mass is 32.2. The number of benzene rings is 1. The molecule has 0 spiro atoms. The minimum Gasteiger partial charge on any atom is -0.262 e. The molecule has 1 aromatic carbocycles. The van der Waals surface area contributed by atoms with Crippen LogP contribution in [0.4, 0.5) is 0 Å². The number of aryl methyl sites for hydroxylation is 2. The summed E-state index contributed by atoms with van der Waals surface area (Å²) >= 11 is 3.11. The molecule has 0 radical (unpaired) electrons. The number of thiophene rings is 1. The van der Waals surface area contributed by atoms with E-state index < -0.39 is 0 Å². The molecule has 0 aliphatic rings. The van der Waals surface area contributed by atoms with Gasteiger partial charge in [-0.3, -0.25) is 5.10 Å². The SMILES string of the molecule is Cc1nc(Sc2n[nH]c(C)n2)c2c(-c3ccccc3)csc2n1. The minimum absolute atomic E-state index is 0.673. The van der Waals surface area contributed by atoms with Crippen molar-refractivity contribution in [2.24, 2.45) is 0 Å². The van der Waals surface area contributed by atoms with E-state index in [4.69, 9.17) is 0 Å². The molecule has 0 aliphatic heterocycles. The van der Waals surface area contributed by atoms with E-state index in [1.54, 1.807) is 11.3 Å². The number of nitrogens with zero attached hydrogens (tertiary/aromatic N) is 4. The van der Waals surface area contributed by atoms with Crippen LogP contribution >= 0.6 is 23.1 Å². The van der Waals surface area contributed by atoms with E-state index in [9.17, 15) is 0 Å². The van der Waals surface area contributed by atoms with Crippen molar-refractivity contribution >= 4 is 33.3 Å². The lowest BCUT2D eigenvalue weighted by Crippen LogP contribution is -1.92. The summed E-state index contributed by atoms with van der Waals surface area (Å²) in [5, 5.41) is 11.9. The molecule has 3 heterocycles. The summed E-state index contributed by atoms with van der Waals surface area (Å²) in [5.41, 5.74) is 2.32. The second-order valence-corrected chi connectivity index (χ2v) is 6.89. The standard InChI is InChI=1S/C16H13N5S2/c1-9-17-14-13(12(8-22-14)11-6-4-3-5-7-11)15(18-9)23-16-19-10(2)20-21-16/h3-8H,1-2H3,(H,19,20,21). The molecule has 4 aromatic rings. The van der Waals surface area contributed by atoms with E-state index in [0.29, 0.717) is 5.16 Å². The van der Waals surface area contributed by atoms with Gasteiger partial charge in [-0.2, -0.15) is 0 Å². The van der Waals surface area contributed by atoms with Gasteiger partial charge in [-0.1, -0.05) is 30.3 Å². The van der Waals surface area contributed by atoms with Crippen molar-refractivity contribution in [3.63, 3.8) is 0 Å². The van der Waals surface area contributed by atoms with Gasteiger partial charge in [-0.25, -0.2) is 15.0 Å². The second kappa shape index (κ2) is 5.75. The van der Waals surface area contributed by atoms with Crippen molar-refractivity contribution in [2.45, 2.75) is 24.0 Å². The van der Waals surface area contributed by atoms with Crippen LogP contribution in [0.15, 0.2) is 45.9 Å². The molecule has 0 bridgehead atoms. The Bertz CT molecular complexity index is 975. The van der Waals surface area contributed by atoms with Gasteiger partial charge in [0.2, 0.25) is 5.16 Å². The predicted octanol–water partition coefficient (Wildman–Crippen LogP) is 4.24. The Kier molecular flexibility index (Phi) is 3.59. The summed E-state index contributed by atoms with van der Waals surface area (Å²) in [6.45, 7) is 3.80. The first-order valence-electron chi connectivity index (χ1n) is 7.09. The van der Waals surface area contributed by atoms with Gasteiger partial charge in [-0.15, -0.1) is 16.4 Å². The average molecular weight is 339 g/mol. The molecule has 0 unspecified atom stereocenters. The lowest BCUT2D eigenvalue weighted by atomic mass is 10.1. The maximum Gasteiger partial charge on any atom is 0.214 e.